The standard InChI is InChI=1S/C28H36ClN5O4/c1-38-23-8-7-20(29)24-19(23)13-21(33-24)27(37)34-16-28(9-3-2-4-10-28)14-22(34)26(36)32-18(15-30)12-17-6-5-11-31-25(17)35/h7-8,13,17-18,22,25,31,33,35H,2-6,9-12,14,16H2,1H3,(H,32,36)/t17-,18-,22?,25?/m0/s1. The Kier molecular flexibility index (Phi) is 7.85. The highest BCUT2D eigenvalue weighted by Crippen LogP contribution is 2.47. The number of methoxy groups -OCH3 is 1. The lowest BCUT2D eigenvalue weighted by molar-refractivity contribution is -0.125. The summed E-state index contributed by atoms with van der Waals surface area (Å²) in [5, 5.41) is 27.2. The SMILES string of the molecule is COc1ccc(Cl)c2[nH]c(C(=O)N3CC4(CCCCC4)CC3C(=O)N[C@H](C#N)C[C@@H]3CCCNC3O)cc12. The number of aliphatic hydroxyl groups is 1. The van der Waals surface area contributed by atoms with E-state index in [0.717, 1.165) is 45.1 Å². The van der Waals surface area contributed by atoms with Gasteiger partial charge in [0, 0.05) is 17.8 Å². The predicted octanol–water partition coefficient (Wildman–Crippen LogP) is 3.71. The van der Waals surface area contributed by atoms with E-state index in [-0.39, 0.29) is 23.1 Å². The van der Waals surface area contributed by atoms with Gasteiger partial charge in [-0.05, 0) is 68.7 Å². The average Bonchev–Trinajstić information content (AvgIpc) is 3.53. The molecule has 2 saturated heterocycles. The Balaban J connectivity index is 1.39. The Morgan fingerprint density at radius 2 is 2.11 bits per heavy atom. The summed E-state index contributed by atoms with van der Waals surface area (Å²) in [4.78, 5) is 32.4. The van der Waals surface area contributed by atoms with E-state index in [1.165, 1.54) is 6.42 Å². The molecule has 5 rings (SSSR count). The van der Waals surface area contributed by atoms with Gasteiger partial charge in [-0.3, -0.25) is 14.9 Å². The van der Waals surface area contributed by atoms with Crippen LogP contribution in [0.5, 0.6) is 5.75 Å². The van der Waals surface area contributed by atoms with Crippen LogP contribution in [0.15, 0.2) is 18.2 Å². The minimum absolute atomic E-state index is 0.0944. The van der Waals surface area contributed by atoms with E-state index < -0.39 is 18.3 Å². The normalized spacial score (nSPS) is 25.7. The first kappa shape index (κ1) is 26.8. The smallest absolute Gasteiger partial charge is 0.271 e. The number of nitrogens with zero attached hydrogens (tertiary/aromatic N) is 2. The van der Waals surface area contributed by atoms with Crippen molar-refractivity contribution in [1.82, 2.24) is 20.5 Å². The molecular weight excluding hydrogens is 506 g/mol. The lowest BCUT2D eigenvalue weighted by Gasteiger charge is -2.32. The van der Waals surface area contributed by atoms with Crippen molar-refractivity contribution < 1.29 is 19.4 Å². The summed E-state index contributed by atoms with van der Waals surface area (Å²) >= 11 is 6.39. The third-order valence-corrected chi connectivity index (χ3v) is 9.02. The van der Waals surface area contributed by atoms with Crippen molar-refractivity contribution in [2.75, 3.05) is 20.2 Å². The first-order chi connectivity index (χ1) is 18.3. The largest absolute Gasteiger partial charge is 0.496 e. The van der Waals surface area contributed by atoms with Crippen molar-refractivity contribution in [3.63, 3.8) is 0 Å². The van der Waals surface area contributed by atoms with Crippen molar-refractivity contribution in [3.05, 3.63) is 28.9 Å². The predicted molar refractivity (Wildman–Crippen MR) is 144 cm³/mol. The van der Waals surface area contributed by atoms with Crippen LogP contribution in [0.1, 0.15) is 68.3 Å². The highest BCUT2D eigenvalue weighted by Gasteiger charge is 2.49. The second-order valence-electron chi connectivity index (χ2n) is 11.2. The molecule has 204 valence electrons. The number of ether oxygens (including phenoxy) is 1. The third-order valence-electron chi connectivity index (χ3n) is 8.70. The molecular formula is C28H36ClN5O4. The fourth-order valence-corrected chi connectivity index (χ4v) is 6.89. The summed E-state index contributed by atoms with van der Waals surface area (Å²) in [6.45, 7) is 1.25. The maximum absolute atomic E-state index is 13.9. The van der Waals surface area contributed by atoms with Gasteiger partial charge in [0.25, 0.3) is 5.91 Å². The van der Waals surface area contributed by atoms with E-state index in [9.17, 15) is 20.0 Å². The summed E-state index contributed by atoms with van der Waals surface area (Å²) in [5.41, 5.74) is 0.875. The molecule has 1 aliphatic carbocycles. The lowest BCUT2D eigenvalue weighted by atomic mass is 9.72. The van der Waals surface area contributed by atoms with Gasteiger partial charge in [-0.25, -0.2) is 0 Å². The van der Waals surface area contributed by atoms with Gasteiger partial charge in [0.2, 0.25) is 5.91 Å². The van der Waals surface area contributed by atoms with E-state index >= 15 is 0 Å². The number of halogens is 1. The van der Waals surface area contributed by atoms with E-state index in [4.69, 9.17) is 16.3 Å². The molecule has 2 aliphatic heterocycles. The third kappa shape index (κ3) is 5.22. The van der Waals surface area contributed by atoms with Crippen molar-refractivity contribution in [2.45, 2.75) is 76.1 Å². The maximum atomic E-state index is 13.9. The molecule has 3 heterocycles. The van der Waals surface area contributed by atoms with Crippen LogP contribution in [-0.4, -0.2) is 65.3 Å². The zero-order chi connectivity index (χ0) is 26.9. The average molecular weight is 542 g/mol. The maximum Gasteiger partial charge on any atom is 0.271 e. The molecule has 3 fully saturated rings. The van der Waals surface area contributed by atoms with Gasteiger partial charge in [0.05, 0.1) is 23.7 Å². The molecule has 38 heavy (non-hydrogen) atoms. The molecule has 4 N–H and O–H groups in total. The lowest BCUT2D eigenvalue weighted by Crippen LogP contribution is -2.50. The van der Waals surface area contributed by atoms with Crippen LogP contribution in [0, 0.1) is 22.7 Å². The number of amides is 2. The zero-order valence-electron chi connectivity index (χ0n) is 21.8. The summed E-state index contributed by atoms with van der Waals surface area (Å²) in [7, 11) is 1.57. The van der Waals surface area contributed by atoms with Gasteiger partial charge in [-0.15, -0.1) is 0 Å². The molecule has 10 heteroatoms. The Labute approximate surface area is 227 Å². The second-order valence-corrected chi connectivity index (χ2v) is 11.6. The molecule has 1 aromatic carbocycles. The van der Waals surface area contributed by atoms with Crippen molar-refractivity contribution in [3.8, 4) is 11.8 Å². The minimum Gasteiger partial charge on any atom is -0.496 e. The van der Waals surface area contributed by atoms with E-state index in [1.54, 1.807) is 30.2 Å². The molecule has 1 spiro atoms. The fourth-order valence-electron chi connectivity index (χ4n) is 6.68. The Bertz CT molecular complexity index is 1230. The Morgan fingerprint density at radius 3 is 2.82 bits per heavy atom. The number of aromatic amines is 1. The number of piperidine rings is 1. The number of carbonyl (C=O) groups excluding carboxylic acids is 2. The number of nitriles is 1. The number of rotatable bonds is 6. The van der Waals surface area contributed by atoms with Gasteiger partial charge in [-0.1, -0.05) is 30.9 Å². The second kappa shape index (κ2) is 11.1. The highest BCUT2D eigenvalue weighted by atomic mass is 35.5. The molecule has 0 radical (unpaired) electrons. The number of H-pyrrole nitrogens is 1. The fraction of sp³-hybridized carbons (Fsp3) is 0.607. The number of hydrogen-bond donors (Lipinski definition) is 4. The number of benzene rings is 1. The van der Waals surface area contributed by atoms with Gasteiger partial charge in [-0.2, -0.15) is 5.26 Å². The summed E-state index contributed by atoms with van der Waals surface area (Å²) < 4.78 is 5.46. The number of nitrogens with one attached hydrogen (secondary N) is 3. The van der Waals surface area contributed by atoms with Crippen molar-refractivity contribution in [2.24, 2.45) is 11.3 Å². The summed E-state index contributed by atoms with van der Waals surface area (Å²) in [6.07, 6.45) is 7.28. The molecule has 0 bridgehead atoms. The monoisotopic (exact) mass is 541 g/mol. The van der Waals surface area contributed by atoms with Crippen LogP contribution in [0.4, 0.5) is 0 Å². The summed E-state index contributed by atoms with van der Waals surface area (Å²) in [6, 6.07) is 6.00. The van der Waals surface area contributed by atoms with Crippen LogP contribution in [-0.2, 0) is 4.79 Å². The Morgan fingerprint density at radius 1 is 1.32 bits per heavy atom. The van der Waals surface area contributed by atoms with Crippen LogP contribution >= 0.6 is 11.6 Å². The molecule has 1 aromatic heterocycles. The Hall–Kier alpha value is -2.80. The molecule has 9 nitrogen and oxygen atoms in total. The molecule has 4 atom stereocenters. The topological polar surface area (TPSA) is 130 Å². The number of carbonyl (C=O) groups is 2. The van der Waals surface area contributed by atoms with Gasteiger partial charge in [0.1, 0.15) is 29.8 Å². The molecule has 1 saturated carbocycles. The minimum atomic E-state index is -0.738. The molecule has 3 aliphatic rings. The quantitative estimate of drug-likeness (QED) is 0.441. The van der Waals surface area contributed by atoms with E-state index in [0.29, 0.717) is 46.8 Å². The zero-order valence-corrected chi connectivity index (χ0v) is 22.5. The first-order valence-corrected chi connectivity index (χ1v) is 14.0. The van der Waals surface area contributed by atoms with Crippen LogP contribution in [0.25, 0.3) is 10.9 Å². The molecule has 2 amide bonds. The van der Waals surface area contributed by atoms with Crippen LogP contribution in [0.2, 0.25) is 5.02 Å². The van der Waals surface area contributed by atoms with Gasteiger partial charge in [0.15, 0.2) is 0 Å². The number of likely N-dealkylation sites (tertiary alicyclic amines) is 1. The number of aromatic nitrogens is 1. The van der Waals surface area contributed by atoms with Crippen LogP contribution < -0.4 is 15.4 Å². The van der Waals surface area contributed by atoms with Gasteiger partial charge >= 0.3 is 0 Å². The van der Waals surface area contributed by atoms with Crippen molar-refractivity contribution in [1.29, 1.82) is 5.26 Å². The van der Waals surface area contributed by atoms with E-state index in [2.05, 4.69) is 21.7 Å². The van der Waals surface area contributed by atoms with Gasteiger partial charge < -0.3 is 25.0 Å². The van der Waals surface area contributed by atoms with Crippen molar-refractivity contribution >= 4 is 34.3 Å². The highest BCUT2D eigenvalue weighted by molar-refractivity contribution is 6.35. The molecule has 2 aromatic rings. The number of aliphatic hydroxyl groups excluding tert-OH is 1. The number of hydrogen-bond acceptors (Lipinski definition) is 6. The van der Waals surface area contributed by atoms with Crippen LogP contribution in [0.3, 0.4) is 0 Å². The molecule has 2 unspecified atom stereocenters. The number of fused-ring (bicyclic) bond motifs is 1. The summed E-state index contributed by atoms with van der Waals surface area (Å²) in [5.74, 6) is -0.0687. The first-order valence-electron chi connectivity index (χ1n) is 13.6. The van der Waals surface area contributed by atoms with E-state index in [1.807, 2.05) is 0 Å².